The average Bonchev–Trinajstić information content (AvgIpc) is 3.00. The van der Waals surface area contributed by atoms with Gasteiger partial charge in [0.15, 0.2) is 0 Å². The van der Waals surface area contributed by atoms with Gasteiger partial charge in [0.2, 0.25) is 5.91 Å². The molecular formula is C33H43ClN6O3. The maximum absolute atomic E-state index is 13.5. The van der Waals surface area contributed by atoms with Crippen molar-refractivity contribution in [3.05, 3.63) is 53.1 Å². The van der Waals surface area contributed by atoms with Crippen LogP contribution in [0.5, 0.6) is 0 Å². The van der Waals surface area contributed by atoms with Gasteiger partial charge in [0.1, 0.15) is 0 Å². The number of carbonyl (C=O) groups is 3. The summed E-state index contributed by atoms with van der Waals surface area (Å²) in [5, 5.41) is 2.71. The zero-order valence-corrected chi connectivity index (χ0v) is 25.8. The van der Waals surface area contributed by atoms with Crippen molar-refractivity contribution in [2.75, 3.05) is 61.3 Å². The number of halogens is 1. The Morgan fingerprint density at radius 2 is 1.70 bits per heavy atom. The van der Waals surface area contributed by atoms with Gasteiger partial charge in [-0.1, -0.05) is 11.6 Å². The Hall–Kier alpha value is -3.30. The molecule has 4 amide bonds. The molecule has 2 aromatic rings. The molecule has 3 saturated heterocycles. The van der Waals surface area contributed by atoms with E-state index < -0.39 is 6.03 Å². The number of nitrogen functional groups attached to an aromatic ring is 1. The molecule has 3 N–H and O–H groups in total. The van der Waals surface area contributed by atoms with Crippen LogP contribution < -0.4 is 20.9 Å². The number of urea groups is 1. The first-order chi connectivity index (χ1) is 20.7. The van der Waals surface area contributed by atoms with Crippen LogP contribution in [-0.2, 0) is 4.79 Å². The fourth-order valence-corrected chi connectivity index (χ4v) is 7.72. The molecule has 3 aliphatic heterocycles. The van der Waals surface area contributed by atoms with E-state index in [1.807, 2.05) is 17.0 Å². The fraction of sp³-hybridized carbons (Fsp3) is 0.545. The van der Waals surface area contributed by atoms with Gasteiger partial charge in [-0.05, 0) is 99.2 Å². The van der Waals surface area contributed by atoms with Gasteiger partial charge in [-0.2, -0.15) is 0 Å². The van der Waals surface area contributed by atoms with Gasteiger partial charge in [0, 0.05) is 75.2 Å². The number of imide groups is 1. The molecule has 230 valence electrons. The Labute approximate surface area is 259 Å². The van der Waals surface area contributed by atoms with E-state index in [1.165, 1.54) is 42.8 Å². The van der Waals surface area contributed by atoms with E-state index in [9.17, 15) is 14.4 Å². The third-order valence-corrected chi connectivity index (χ3v) is 10.7. The van der Waals surface area contributed by atoms with Crippen molar-refractivity contribution in [1.29, 1.82) is 0 Å². The van der Waals surface area contributed by atoms with E-state index in [0.29, 0.717) is 27.7 Å². The molecule has 10 heteroatoms. The number of benzene rings is 2. The van der Waals surface area contributed by atoms with Crippen LogP contribution in [0.1, 0.15) is 62.2 Å². The second-order valence-corrected chi connectivity index (χ2v) is 13.4. The molecule has 4 aliphatic rings. The SMILES string of the molecule is C[C@H]1CN(c2ccc(N)cc2)CCN1CC1CCC2(CC1)CCN(C(=O)c1ccc(Cl)c(N3CCC(=O)NC3=O)c1)CC2. The molecular weight excluding hydrogens is 564 g/mol. The maximum atomic E-state index is 13.5. The molecule has 0 bridgehead atoms. The minimum atomic E-state index is -0.506. The molecule has 1 atom stereocenters. The molecule has 0 unspecified atom stereocenters. The normalized spacial score (nSPS) is 23.5. The number of hydrogen-bond donors (Lipinski definition) is 2. The monoisotopic (exact) mass is 606 g/mol. The van der Waals surface area contributed by atoms with Crippen LogP contribution in [0.3, 0.4) is 0 Å². The Balaban J connectivity index is 0.985. The fourth-order valence-electron chi connectivity index (χ4n) is 7.50. The highest BCUT2D eigenvalue weighted by atomic mass is 35.5. The van der Waals surface area contributed by atoms with E-state index >= 15 is 0 Å². The topological polar surface area (TPSA) is 102 Å². The average molecular weight is 607 g/mol. The summed E-state index contributed by atoms with van der Waals surface area (Å²) in [6.07, 6.45) is 7.30. The summed E-state index contributed by atoms with van der Waals surface area (Å²) in [4.78, 5) is 46.0. The van der Waals surface area contributed by atoms with Gasteiger partial charge in [0.25, 0.3) is 5.91 Å². The van der Waals surface area contributed by atoms with E-state index in [0.717, 1.165) is 57.2 Å². The highest BCUT2D eigenvalue weighted by Gasteiger charge is 2.40. The highest BCUT2D eigenvalue weighted by Crippen LogP contribution is 2.47. The Morgan fingerprint density at radius 1 is 0.977 bits per heavy atom. The molecule has 1 aliphatic carbocycles. The number of piperidine rings is 1. The number of piperazine rings is 1. The number of carbonyl (C=O) groups excluding carboxylic acids is 3. The first-order valence-electron chi connectivity index (χ1n) is 15.7. The molecule has 6 rings (SSSR count). The first-order valence-corrected chi connectivity index (χ1v) is 16.1. The lowest BCUT2D eigenvalue weighted by molar-refractivity contribution is -0.120. The van der Waals surface area contributed by atoms with Gasteiger partial charge >= 0.3 is 6.03 Å². The number of anilines is 3. The number of amides is 4. The molecule has 1 spiro atoms. The van der Waals surface area contributed by atoms with Gasteiger partial charge in [0.05, 0.1) is 10.7 Å². The van der Waals surface area contributed by atoms with Crippen molar-refractivity contribution in [1.82, 2.24) is 15.1 Å². The zero-order valence-electron chi connectivity index (χ0n) is 25.1. The van der Waals surface area contributed by atoms with Gasteiger partial charge < -0.3 is 15.5 Å². The van der Waals surface area contributed by atoms with Crippen LogP contribution in [-0.4, -0.2) is 79.5 Å². The van der Waals surface area contributed by atoms with Crippen LogP contribution in [0.2, 0.25) is 5.02 Å². The number of nitrogens with two attached hydrogens (primary N) is 1. The Kier molecular flexibility index (Phi) is 8.56. The molecule has 1 saturated carbocycles. The van der Waals surface area contributed by atoms with Crippen LogP contribution in [0.15, 0.2) is 42.5 Å². The second kappa shape index (κ2) is 12.4. The van der Waals surface area contributed by atoms with Crippen LogP contribution in [0.25, 0.3) is 0 Å². The Morgan fingerprint density at radius 3 is 2.37 bits per heavy atom. The summed E-state index contributed by atoms with van der Waals surface area (Å²) in [5.41, 5.74) is 9.27. The summed E-state index contributed by atoms with van der Waals surface area (Å²) in [6, 6.07) is 13.3. The van der Waals surface area contributed by atoms with E-state index in [1.54, 1.807) is 18.2 Å². The smallest absolute Gasteiger partial charge is 0.328 e. The van der Waals surface area contributed by atoms with Crippen LogP contribution >= 0.6 is 11.6 Å². The van der Waals surface area contributed by atoms with E-state index in [2.05, 4.69) is 34.2 Å². The molecule has 0 radical (unpaired) electrons. The standard InChI is InChI=1S/C33H43ClN6O3/c1-23-21-39(27-5-3-26(35)4-6-27)19-18-38(23)22-24-8-11-33(12-9-24)13-16-37(17-14-33)31(42)25-2-7-28(34)29(20-25)40-15-10-30(41)36-32(40)43/h2-7,20,23-24H,8-19,21-22,35H2,1H3,(H,36,41,43)/t23-/m0/s1. The molecule has 2 aromatic carbocycles. The number of hydrogen-bond acceptors (Lipinski definition) is 6. The largest absolute Gasteiger partial charge is 0.399 e. The number of nitrogens with one attached hydrogen (secondary N) is 1. The molecule has 43 heavy (non-hydrogen) atoms. The lowest BCUT2D eigenvalue weighted by Gasteiger charge is -2.48. The summed E-state index contributed by atoms with van der Waals surface area (Å²) in [5.74, 6) is 0.413. The minimum absolute atomic E-state index is 0.0259. The van der Waals surface area contributed by atoms with Crippen molar-refractivity contribution in [3.63, 3.8) is 0 Å². The number of likely N-dealkylation sites (tertiary alicyclic amines) is 1. The van der Waals surface area contributed by atoms with Crippen molar-refractivity contribution in [2.24, 2.45) is 11.3 Å². The lowest BCUT2D eigenvalue weighted by Crippen LogP contribution is -2.53. The lowest BCUT2D eigenvalue weighted by atomic mass is 9.65. The number of nitrogens with zero attached hydrogens (tertiary/aromatic N) is 4. The molecule has 4 fully saturated rings. The van der Waals surface area contributed by atoms with Gasteiger partial charge in [-0.3, -0.25) is 24.7 Å². The summed E-state index contributed by atoms with van der Waals surface area (Å²) in [6.45, 7) is 8.48. The van der Waals surface area contributed by atoms with Crippen molar-refractivity contribution in [3.8, 4) is 0 Å². The Bertz CT molecular complexity index is 1350. The predicted octanol–water partition coefficient (Wildman–Crippen LogP) is 4.99. The van der Waals surface area contributed by atoms with Crippen molar-refractivity contribution in [2.45, 2.75) is 57.9 Å². The molecule has 0 aromatic heterocycles. The van der Waals surface area contributed by atoms with Gasteiger partial charge in [-0.15, -0.1) is 0 Å². The minimum Gasteiger partial charge on any atom is -0.399 e. The summed E-state index contributed by atoms with van der Waals surface area (Å²) in [7, 11) is 0. The predicted molar refractivity (Wildman–Crippen MR) is 171 cm³/mol. The molecule has 3 heterocycles. The van der Waals surface area contributed by atoms with E-state index in [-0.39, 0.29) is 24.8 Å². The molecule has 9 nitrogen and oxygen atoms in total. The highest BCUT2D eigenvalue weighted by molar-refractivity contribution is 6.34. The second-order valence-electron chi connectivity index (χ2n) is 13.0. The number of rotatable bonds is 5. The van der Waals surface area contributed by atoms with Crippen molar-refractivity contribution >= 4 is 46.5 Å². The zero-order chi connectivity index (χ0) is 30.1. The van der Waals surface area contributed by atoms with Crippen LogP contribution in [0, 0.1) is 11.3 Å². The first kappa shape index (κ1) is 29.8. The van der Waals surface area contributed by atoms with Gasteiger partial charge in [-0.25, -0.2) is 4.79 Å². The third-order valence-electron chi connectivity index (χ3n) is 10.3. The summed E-state index contributed by atoms with van der Waals surface area (Å²) >= 11 is 6.40. The van der Waals surface area contributed by atoms with Crippen LogP contribution in [0.4, 0.5) is 21.9 Å². The summed E-state index contributed by atoms with van der Waals surface area (Å²) < 4.78 is 0. The quantitative estimate of drug-likeness (QED) is 0.465. The third kappa shape index (κ3) is 6.48. The van der Waals surface area contributed by atoms with E-state index in [4.69, 9.17) is 17.3 Å². The maximum Gasteiger partial charge on any atom is 0.328 e. The van der Waals surface area contributed by atoms with Crippen molar-refractivity contribution < 1.29 is 14.4 Å².